The summed E-state index contributed by atoms with van der Waals surface area (Å²) in [4.78, 5) is 0. The van der Waals surface area contributed by atoms with Crippen LogP contribution in [0.15, 0.2) is 48.5 Å². The minimum atomic E-state index is 1.24. The second-order valence-electron chi connectivity index (χ2n) is 3.44. The molecular weight excluding hydrogens is 422 g/mol. The van der Waals surface area contributed by atoms with Crippen molar-refractivity contribution in [3.63, 3.8) is 0 Å². The van der Waals surface area contributed by atoms with Crippen LogP contribution in [-0.4, -0.2) is 0 Å². The summed E-state index contributed by atoms with van der Waals surface area (Å²) in [6.45, 7) is 0. The van der Waals surface area contributed by atoms with Crippen LogP contribution in [0.5, 0.6) is 0 Å². The van der Waals surface area contributed by atoms with Gasteiger partial charge in [0, 0.05) is 7.14 Å². The van der Waals surface area contributed by atoms with E-state index in [0.29, 0.717) is 0 Å². The molecule has 16 heavy (non-hydrogen) atoms. The van der Waals surface area contributed by atoms with Crippen molar-refractivity contribution >= 4 is 57.3 Å². The second-order valence-corrected chi connectivity index (χ2v) is 5.93. The molecule has 0 amide bonds. The Morgan fingerprint density at radius 1 is 0.688 bits per heavy atom. The van der Waals surface area contributed by atoms with E-state index in [4.69, 9.17) is 0 Å². The third kappa shape index (κ3) is 3.59. The highest BCUT2D eigenvalue weighted by Crippen LogP contribution is 2.13. The minimum Gasteiger partial charge on any atom is -0.0606 e. The molecule has 0 aliphatic rings. The quantitative estimate of drug-likeness (QED) is 0.460. The van der Waals surface area contributed by atoms with E-state index in [1.165, 1.54) is 18.3 Å². The largest absolute Gasteiger partial charge is 0.0606 e. The molecule has 80 valence electrons. The topological polar surface area (TPSA) is 0 Å². The molecule has 0 N–H and O–H groups in total. The Hall–Kier alpha value is -0.360. The molecule has 0 unspecified atom stereocenters. The van der Waals surface area contributed by atoms with Gasteiger partial charge in [-0.15, -0.1) is 0 Å². The highest BCUT2D eigenvalue weighted by Gasteiger charge is 1.90. The molecule has 0 aliphatic carbocycles. The fourth-order valence-electron chi connectivity index (χ4n) is 1.38. The van der Waals surface area contributed by atoms with Gasteiger partial charge in [0.25, 0.3) is 0 Å². The van der Waals surface area contributed by atoms with Crippen molar-refractivity contribution in [1.82, 2.24) is 0 Å². The molecule has 0 radical (unpaired) electrons. The standard InChI is InChI=1S/C14H10I2/c15-13-8-6-11(7-9-13)4-5-12-2-1-3-14(16)10-12/h1-10H. The molecule has 0 aromatic heterocycles. The first-order valence-electron chi connectivity index (χ1n) is 4.93. The molecule has 2 heteroatoms. The van der Waals surface area contributed by atoms with Crippen LogP contribution < -0.4 is 0 Å². The molecule has 0 aliphatic heterocycles. The van der Waals surface area contributed by atoms with Gasteiger partial charge >= 0.3 is 0 Å². The van der Waals surface area contributed by atoms with Gasteiger partial charge in [0.1, 0.15) is 0 Å². The average Bonchev–Trinajstić information content (AvgIpc) is 2.28. The molecular formula is C14H10I2. The third-order valence-electron chi connectivity index (χ3n) is 2.19. The van der Waals surface area contributed by atoms with Crippen molar-refractivity contribution in [2.45, 2.75) is 0 Å². The SMILES string of the molecule is Ic1ccc(C=Cc2cccc(I)c2)cc1. The van der Waals surface area contributed by atoms with Crippen molar-refractivity contribution in [2.24, 2.45) is 0 Å². The van der Waals surface area contributed by atoms with Gasteiger partial charge < -0.3 is 0 Å². The summed E-state index contributed by atoms with van der Waals surface area (Å²) >= 11 is 4.64. The van der Waals surface area contributed by atoms with Crippen LogP contribution in [0, 0.1) is 7.14 Å². The van der Waals surface area contributed by atoms with Crippen molar-refractivity contribution in [3.8, 4) is 0 Å². The van der Waals surface area contributed by atoms with Crippen molar-refractivity contribution in [2.75, 3.05) is 0 Å². The lowest BCUT2D eigenvalue weighted by Crippen LogP contribution is -1.75. The fourth-order valence-corrected chi connectivity index (χ4v) is 2.30. The third-order valence-corrected chi connectivity index (χ3v) is 3.58. The molecule has 2 aromatic carbocycles. The molecule has 2 rings (SSSR count). The summed E-state index contributed by atoms with van der Waals surface area (Å²) < 4.78 is 2.53. The molecule has 0 spiro atoms. The van der Waals surface area contributed by atoms with Crippen molar-refractivity contribution in [1.29, 1.82) is 0 Å². The Labute approximate surface area is 123 Å². The lowest BCUT2D eigenvalue weighted by Gasteiger charge is -1.96. The van der Waals surface area contributed by atoms with E-state index in [1.807, 2.05) is 0 Å². The predicted molar refractivity (Wildman–Crippen MR) is 87.2 cm³/mol. The Kier molecular flexibility index (Phi) is 4.40. The number of hydrogen-bond donors (Lipinski definition) is 0. The molecule has 0 atom stereocenters. The number of hydrogen-bond acceptors (Lipinski definition) is 0. The first kappa shape index (κ1) is 12.1. The molecule has 0 saturated carbocycles. The van der Waals surface area contributed by atoms with Gasteiger partial charge in [0.05, 0.1) is 0 Å². The van der Waals surface area contributed by atoms with E-state index in [-0.39, 0.29) is 0 Å². The average molecular weight is 432 g/mol. The van der Waals surface area contributed by atoms with Gasteiger partial charge in [-0.05, 0) is 80.6 Å². The van der Waals surface area contributed by atoms with Gasteiger partial charge in [-0.1, -0.05) is 36.4 Å². The Morgan fingerprint density at radius 2 is 1.38 bits per heavy atom. The number of halogens is 2. The van der Waals surface area contributed by atoms with Crippen LogP contribution in [0.4, 0.5) is 0 Å². The van der Waals surface area contributed by atoms with Crippen molar-refractivity contribution < 1.29 is 0 Å². The monoisotopic (exact) mass is 432 g/mol. The van der Waals surface area contributed by atoms with Crippen LogP contribution in [0.25, 0.3) is 12.2 Å². The zero-order chi connectivity index (χ0) is 11.4. The van der Waals surface area contributed by atoms with E-state index >= 15 is 0 Å². The van der Waals surface area contributed by atoms with E-state index in [0.717, 1.165) is 0 Å². The maximum Gasteiger partial charge on any atom is 0.0136 e. The first-order chi connectivity index (χ1) is 7.74. The van der Waals surface area contributed by atoms with E-state index in [2.05, 4.69) is 106 Å². The minimum absolute atomic E-state index is 1.24. The molecule has 0 heterocycles. The normalized spacial score (nSPS) is 10.9. The zero-order valence-electron chi connectivity index (χ0n) is 8.53. The van der Waals surface area contributed by atoms with Crippen LogP contribution >= 0.6 is 45.2 Å². The Bertz CT molecular complexity index is 498. The Balaban J connectivity index is 2.18. The van der Waals surface area contributed by atoms with Gasteiger partial charge in [0.2, 0.25) is 0 Å². The number of rotatable bonds is 2. The summed E-state index contributed by atoms with van der Waals surface area (Å²) in [5.74, 6) is 0. The lowest BCUT2D eigenvalue weighted by molar-refractivity contribution is 1.59. The van der Waals surface area contributed by atoms with Crippen LogP contribution in [0.3, 0.4) is 0 Å². The van der Waals surface area contributed by atoms with Crippen LogP contribution in [0.2, 0.25) is 0 Å². The highest BCUT2D eigenvalue weighted by atomic mass is 127. The summed E-state index contributed by atoms with van der Waals surface area (Å²) in [5.41, 5.74) is 2.48. The molecule has 0 bridgehead atoms. The van der Waals surface area contributed by atoms with E-state index < -0.39 is 0 Å². The first-order valence-corrected chi connectivity index (χ1v) is 7.09. The van der Waals surface area contributed by atoms with Gasteiger partial charge in [-0.25, -0.2) is 0 Å². The second kappa shape index (κ2) is 5.82. The molecule has 0 saturated heterocycles. The summed E-state index contributed by atoms with van der Waals surface area (Å²) in [6.07, 6.45) is 4.28. The highest BCUT2D eigenvalue weighted by molar-refractivity contribution is 14.1. The van der Waals surface area contributed by atoms with Crippen molar-refractivity contribution in [3.05, 3.63) is 66.8 Å². The van der Waals surface area contributed by atoms with E-state index in [9.17, 15) is 0 Å². The summed E-state index contributed by atoms with van der Waals surface area (Å²) in [7, 11) is 0. The van der Waals surface area contributed by atoms with E-state index in [1.54, 1.807) is 0 Å². The zero-order valence-corrected chi connectivity index (χ0v) is 12.8. The summed E-state index contributed by atoms with van der Waals surface area (Å²) in [6, 6.07) is 17.0. The lowest BCUT2D eigenvalue weighted by atomic mass is 10.1. The molecule has 0 nitrogen and oxygen atoms in total. The number of benzene rings is 2. The molecule has 2 aromatic rings. The van der Waals surface area contributed by atoms with Gasteiger partial charge in [-0.3, -0.25) is 0 Å². The van der Waals surface area contributed by atoms with Crippen LogP contribution in [0.1, 0.15) is 11.1 Å². The van der Waals surface area contributed by atoms with Gasteiger partial charge in [-0.2, -0.15) is 0 Å². The molecule has 0 fully saturated rings. The maximum atomic E-state index is 2.33. The maximum absolute atomic E-state index is 2.33. The fraction of sp³-hybridized carbons (Fsp3) is 0. The predicted octanol–water partition coefficient (Wildman–Crippen LogP) is 5.07. The van der Waals surface area contributed by atoms with Crippen LogP contribution in [-0.2, 0) is 0 Å². The van der Waals surface area contributed by atoms with Gasteiger partial charge in [0.15, 0.2) is 0 Å². The Morgan fingerprint density at radius 3 is 2.06 bits per heavy atom. The summed E-state index contributed by atoms with van der Waals surface area (Å²) in [5, 5.41) is 0. The smallest absolute Gasteiger partial charge is 0.0136 e.